The summed E-state index contributed by atoms with van der Waals surface area (Å²) in [5.41, 5.74) is 8.42. The maximum absolute atomic E-state index is 11.4. The van der Waals surface area contributed by atoms with Gasteiger partial charge in [0.05, 0.1) is 11.9 Å². The highest BCUT2D eigenvalue weighted by atomic mass is 32.1. The number of anilines is 1. The molecule has 6 nitrogen and oxygen atoms in total. The molecule has 0 unspecified atom stereocenters. The molecule has 1 heterocycles. The lowest BCUT2D eigenvalue weighted by Gasteiger charge is -2.10. The summed E-state index contributed by atoms with van der Waals surface area (Å²) in [6.07, 6.45) is 1.51. The van der Waals surface area contributed by atoms with Crippen LogP contribution in [-0.4, -0.2) is 20.8 Å². The van der Waals surface area contributed by atoms with Crippen LogP contribution in [0.1, 0.15) is 21.6 Å². The molecule has 1 aromatic heterocycles. The van der Waals surface area contributed by atoms with Gasteiger partial charge in [0.25, 0.3) is 5.91 Å². The first-order valence-electron chi connectivity index (χ1n) is 6.39. The van der Waals surface area contributed by atoms with E-state index >= 15 is 0 Å². The number of benzene rings is 1. The number of nitrogens with two attached hydrogens (primary N) is 1. The van der Waals surface area contributed by atoms with E-state index in [2.05, 4.69) is 15.7 Å². The van der Waals surface area contributed by atoms with Gasteiger partial charge in [-0.1, -0.05) is 29.8 Å². The van der Waals surface area contributed by atoms with Gasteiger partial charge in [-0.15, -0.1) is 0 Å². The molecule has 110 valence electrons. The fourth-order valence-corrected chi connectivity index (χ4v) is 2.06. The van der Waals surface area contributed by atoms with E-state index in [1.807, 2.05) is 31.2 Å². The second-order valence-electron chi connectivity index (χ2n) is 4.69. The number of carbonyl (C=O) groups excluding carboxylic acids is 1. The predicted molar refractivity (Wildman–Crippen MR) is 86.0 cm³/mol. The quantitative estimate of drug-likeness (QED) is 0.742. The van der Waals surface area contributed by atoms with Gasteiger partial charge in [0.15, 0.2) is 5.11 Å². The van der Waals surface area contributed by atoms with Crippen LogP contribution in [0.5, 0.6) is 0 Å². The SMILES string of the molecule is Cc1ccc(CNC(=S)Nc2cnn(C)c2C(N)=O)cc1. The van der Waals surface area contributed by atoms with Crippen LogP contribution in [0.3, 0.4) is 0 Å². The van der Waals surface area contributed by atoms with Crippen LogP contribution in [0, 0.1) is 6.92 Å². The van der Waals surface area contributed by atoms with Crippen molar-refractivity contribution in [2.75, 3.05) is 5.32 Å². The van der Waals surface area contributed by atoms with Crippen molar-refractivity contribution >= 4 is 28.9 Å². The monoisotopic (exact) mass is 303 g/mol. The second kappa shape index (κ2) is 6.36. The molecule has 0 atom stereocenters. The largest absolute Gasteiger partial charge is 0.364 e. The third kappa shape index (κ3) is 3.79. The van der Waals surface area contributed by atoms with Gasteiger partial charge in [-0.2, -0.15) is 5.10 Å². The first-order chi connectivity index (χ1) is 9.97. The fraction of sp³-hybridized carbons (Fsp3) is 0.214. The third-order valence-electron chi connectivity index (χ3n) is 2.99. The second-order valence-corrected chi connectivity index (χ2v) is 5.10. The standard InChI is InChI=1S/C14H17N5OS/c1-9-3-5-10(6-4-9)7-16-14(21)18-11-8-17-19(2)12(11)13(15)20/h3-6,8H,7H2,1-2H3,(H2,15,20)(H2,16,18,21). The van der Waals surface area contributed by atoms with Gasteiger partial charge < -0.3 is 16.4 Å². The van der Waals surface area contributed by atoms with E-state index in [4.69, 9.17) is 18.0 Å². The molecule has 4 N–H and O–H groups in total. The fourth-order valence-electron chi connectivity index (χ4n) is 1.88. The van der Waals surface area contributed by atoms with Crippen LogP contribution in [0.2, 0.25) is 0 Å². The molecule has 1 amide bonds. The summed E-state index contributed by atoms with van der Waals surface area (Å²) in [5, 5.41) is 10.4. The van der Waals surface area contributed by atoms with Crippen molar-refractivity contribution in [2.24, 2.45) is 12.8 Å². The van der Waals surface area contributed by atoms with Gasteiger partial charge in [0.2, 0.25) is 0 Å². The maximum atomic E-state index is 11.4. The van der Waals surface area contributed by atoms with E-state index in [0.29, 0.717) is 17.3 Å². The smallest absolute Gasteiger partial charge is 0.269 e. The molecule has 7 heteroatoms. The molecule has 0 saturated carbocycles. The van der Waals surface area contributed by atoms with E-state index < -0.39 is 5.91 Å². The molecule has 2 rings (SSSR count). The molecule has 2 aromatic rings. The lowest BCUT2D eigenvalue weighted by molar-refractivity contribution is 0.0992. The Hall–Kier alpha value is -2.41. The number of thiocarbonyl (C=S) groups is 1. The number of hydrogen-bond donors (Lipinski definition) is 3. The zero-order valence-electron chi connectivity index (χ0n) is 11.9. The molecule has 0 aliphatic carbocycles. The summed E-state index contributed by atoms with van der Waals surface area (Å²) in [7, 11) is 1.65. The minimum Gasteiger partial charge on any atom is -0.364 e. The van der Waals surface area contributed by atoms with Crippen molar-refractivity contribution in [3.63, 3.8) is 0 Å². The summed E-state index contributed by atoms with van der Waals surface area (Å²) >= 11 is 5.21. The average Bonchev–Trinajstić information content (AvgIpc) is 2.79. The van der Waals surface area contributed by atoms with E-state index in [9.17, 15) is 4.79 Å². The highest BCUT2D eigenvalue weighted by molar-refractivity contribution is 7.80. The van der Waals surface area contributed by atoms with Gasteiger partial charge >= 0.3 is 0 Å². The normalized spacial score (nSPS) is 10.2. The number of aromatic nitrogens is 2. The van der Waals surface area contributed by atoms with Crippen LogP contribution in [0.25, 0.3) is 0 Å². The van der Waals surface area contributed by atoms with E-state index in [0.717, 1.165) is 5.56 Å². The Morgan fingerprint density at radius 3 is 2.67 bits per heavy atom. The molecule has 0 saturated heterocycles. The molecule has 21 heavy (non-hydrogen) atoms. The summed E-state index contributed by atoms with van der Waals surface area (Å²) in [6.45, 7) is 2.63. The summed E-state index contributed by atoms with van der Waals surface area (Å²) < 4.78 is 1.41. The summed E-state index contributed by atoms with van der Waals surface area (Å²) in [5.74, 6) is -0.557. The van der Waals surface area contributed by atoms with Crippen LogP contribution < -0.4 is 16.4 Å². The minimum atomic E-state index is -0.557. The lowest BCUT2D eigenvalue weighted by atomic mass is 10.1. The molecule has 0 spiro atoms. The van der Waals surface area contributed by atoms with Crippen LogP contribution in [0.15, 0.2) is 30.5 Å². The topological polar surface area (TPSA) is 85.0 Å². The Labute approximate surface area is 128 Å². The van der Waals surface area contributed by atoms with E-state index in [1.54, 1.807) is 7.05 Å². The third-order valence-corrected chi connectivity index (χ3v) is 3.24. The van der Waals surface area contributed by atoms with Crippen molar-refractivity contribution in [2.45, 2.75) is 13.5 Å². The Kier molecular flexibility index (Phi) is 4.54. The number of nitrogens with zero attached hydrogens (tertiary/aromatic N) is 2. The first-order valence-corrected chi connectivity index (χ1v) is 6.80. The average molecular weight is 303 g/mol. The first kappa shape index (κ1) is 15.0. The molecule has 0 aliphatic rings. The summed E-state index contributed by atoms with van der Waals surface area (Å²) in [4.78, 5) is 11.4. The van der Waals surface area contributed by atoms with Gasteiger partial charge in [-0.3, -0.25) is 9.48 Å². The Bertz CT molecular complexity index is 663. The molecule has 0 fully saturated rings. The van der Waals surface area contributed by atoms with Crippen molar-refractivity contribution in [3.05, 3.63) is 47.3 Å². The predicted octanol–water partition coefficient (Wildman–Crippen LogP) is 1.31. The summed E-state index contributed by atoms with van der Waals surface area (Å²) in [6, 6.07) is 8.15. The number of nitrogens with one attached hydrogen (secondary N) is 2. The van der Waals surface area contributed by atoms with Crippen molar-refractivity contribution < 1.29 is 4.79 Å². The minimum absolute atomic E-state index is 0.287. The highest BCUT2D eigenvalue weighted by Gasteiger charge is 2.14. The number of carbonyl (C=O) groups is 1. The van der Waals surface area contributed by atoms with Crippen molar-refractivity contribution in [1.82, 2.24) is 15.1 Å². The van der Waals surface area contributed by atoms with E-state index in [-0.39, 0.29) is 5.69 Å². The van der Waals surface area contributed by atoms with Gasteiger partial charge in [-0.05, 0) is 24.7 Å². The van der Waals surface area contributed by atoms with Crippen LogP contribution >= 0.6 is 12.2 Å². The lowest BCUT2D eigenvalue weighted by Crippen LogP contribution is -2.29. The molecule has 0 bridgehead atoms. The number of hydrogen-bond acceptors (Lipinski definition) is 3. The number of rotatable bonds is 4. The Morgan fingerprint density at radius 1 is 1.38 bits per heavy atom. The molecular weight excluding hydrogens is 286 g/mol. The number of amides is 1. The Balaban J connectivity index is 1.96. The number of primary amides is 1. The molecule has 1 aromatic carbocycles. The highest BCUT2D eigenvalue weighted by Crippen LogP contribution is 2.13. The van der Waals surface area contributed by atoms with Crippen LogP contribution in [0.4, 0.5) is 5.69 Å². The maximum Gasteiger partial charge on any atom is 0.269 e. The zero-order valence-corrected chi connectivity index (χ0v) is 12.7. The molecule has 0 aliphatic heterocycles. The van der Waals surface area contributed by atoms with Gasteiger partial charge in [0.1, 0.15) is 5.69 Å². The van der Waals surface area contributed by atoms with Gasteiger partial charge in [0, 0.05) is 13.6 Å². The number of aryl methyl sites for hydroxylation is 2. The van der Waals surface area contributed by atoms with Crippen molar-refractivity contribution in [1.29, 1.82) is 0 Å². The van der Waals surface area contributed by atoms with Crippen molar-refractivity contribution in [3.8, 4) is 0 Å². The Morgan fingerprint density at radius 2 is 2.05 bits per heavy atom. The molecule has 0 radical (unpaired) electrons. The van der Waals surface area contributed by atoms with Gasteiger partial charge in [-0.25, -0.2) is 0 Å². The molecular formula is C14H17N5OS. The zero-order chi connectivity index (χ0) is 15.4. The van der Waals surface area contributed by atoms with Crippen LogP contribution in [-0.2, 0) is 13.6 Å². The van der Waals surface area contributed by atoms with E-state index in [1.165, 1.54) is 16.4 Å².